The van der Waals surface area contributed by atoms with Crippen LogP contribution in [0.4, 0.5) is 13.2 Å². The first-order valence-corrected chi connectivity index (χ1v) is 6.13. The maximum atomic E-state index is 11.7. The predicted octanol–water partition coefficient (Wildman–Crippen LogP) is 3.35. The quantitative estimate of drug-likeness (QED) is 0.809. The minimum absolute atomic E-state index is 0.313. The number of ether oxygens (including phenoxy) is 1. The molecule has 0 aliphatic carbocycles. The van der Waals surface area contributed by atoms with E-state index < -0.39 is 17.2 Å². The molecule has 1 aromatic rings. The van der Waals surface area contributed by atoms with Crippen molar-refractivity contribution in [1.82, 2.24) is 0 Å². The Labute approximate surface area is 94.9 Å². The van der Waals surface area contributed by atoms with E-state index in [-0.39, 0.29) is 5.75 Å². The molecule has 6 heteroatoms. The lowest BCUT2D eigenvalue weighted by Crippen LogP contribution is -2.17. The Morgan fingerprint density at radius 2 is 1.56 bits per heavy atom. The van der Waals surface area contributed by atoms with Crippen molar-refractivity contribution in [3.05, 3.63) is 24.3 Å². The van der Waals surface area contributed by atoms with Crippen molar-refractivity contribution in [2.24, 2.45) is 0 Å². The molecule has 1 atom stereocenters. The van der Waals surface area contributed by atoms with E-state index in [1.165, 1.54) is 18.4 Å². The van der Waals surface area contributed by atoms with Crippen molar-refractivity contribution in [2.45, 2.75) is 25.1 Å². The van der Waals surface area contributed by atoms with Crippen LogP contribution >= 0.6 is 0 Å². The Morgan fingerprint density at radius 1 is 1.12 bits per heavy atom. The van der Waals surface area contributed by atoms with Crippen molar-refractivity contribution in [1.29, 1.82) is 0 Å². The highest BCUT2D eigenvalue weighted by Gasteiger charge is 2.30. The van der Waals surface area contributed by atoms with Gasteiger partial charge in [0.1, 0.15) is 5.75 Å². The molecule has 2 nitrogen and oxygen atoms in total. The summed E-state index contributed by atoms with van der Waals surface area (Å²) in [5, 5.41) is 0. The molecule has 1 unspecified atom stereocenters. The van der Waals surface area contributed by atoms with Crippen LogP contribution in [-0.2, 0) is 10.8 Å². The lowest BCUT2D eigenvalue weighted by atomic mass is 10.3. The highest BCUT2D eigenvalue weighted by atomic mass is 32.2. The molecule has 0 saturated carbocycles. The van der Waals surface area contributed by atoms with E-state index in [1.807, 2.05) is 13.8 Å². The molecule has 0 heterocycles. The van der Waals surface area contributed by atoms with Crippen LogP contribution in [0.5, 0.6) is 5.75 Å². The Kier molecular flexibility index (Phi) is 6.10. The van der Waals surface area contributed by atoms with Crippen molar-refractivity contribution in [3.8, 4) is 5.75 Å². The van der Waals surface area contributed by atoms with E-state index in [4.69, 9.17) is 0 Å². The molecule has 0 aromatic heterocycles. The second-order valence-electron chi connectivity index (χ2n) is 2.47. The van der Waals surface area contributed by atoms with Gasteiger partial charge in [0.05, 0.1) is 0 Å². The summed E-state index contributed by atoms with van der Waals surface area (Å²) in [7, 11) is -1.20. The molecule has 0 aliphatic rings. The number of alkyl halides is 3. The number of halogens is 3. The average Bonchev–Trinajstić information content (AvgIpc) is 2.19. The Bertz CT molecular complexity index is 333. The van der Waals surface area contributed by atoms with Crippen LogP contribution in [0.15, 0.2) is 29.2 Å². The fourth-order valence-corrected chi connectivity index (χ4v) is 1.35. The molecule has 16 heavy (non-hydrogen) atoms. The first-order chi connectivity index (χ1) is 7.38. The van der Waals surface area contributed by atoms with E-state index >= 15 is 0 Å². The zero-order chi connectivity index (χ0) is 12.8. The van der Waals surface area contributed by atoms with Gasteiger partial charge in [-0.15, -0.1) is 13.2 Å². The van der Waals surface area contributed by atoms with Gasteiger partial charge >= 0.3 is 6.36 Å². The van der Waals surface area contributed by atoms with Crippen molar-refractivity contribution >= 4 is 10.8 Å². The minimum atomic E-state index is -4.69. The summed E-state index contributed by atoms with van der Waals surface area (Å²) < 4.78 is 49.7. The normalized spacial score (nSPS) is 12.4. The fourth-order valence-electron chi connectivity index (χ4n) is 0.833. The molecule has 0 bridgehead atoms. The molecule has 0 saturated heterocycles. The molecule has 92 valence electrons. The fraction of sp³-hybridized carbons (Fsp3) is 0.400. The molecular formula is C10H13F3O2S. The summed E-state index contributed by atoms with van der Waals surface area (Å²) in [5.74, 6) is -0.313. The number of benzene rings is 1. The minimum Gasteiger partial charge on any atom is -0.406 e. The summed E-state index contributed by atoms with van der Waals surface area (Å²) >= 11 is 0. The molecule has 1 rings (SSSR count). The summed E-state index contributed by atoms with van der Waals surface area (Å²) in [6.07, 6.45) is -3.24. The van der Waals surface area contributed by atoms with E-state index in [1.54, 1.807) is 0 Å². The topological polar surface area (TPSA) is 26.3 Å². The van der Waals surface area contributed by atoms with Gasteiger partial charge in [0.15, 0.2) is 0 Å². The summed E-state index contributed by atoms with van der Waals surface area (Å²) in [6, 6.07) is 4.92. The zero-order valence-corrected chi connectivity index (χ0v) is 9.98. The largest absolute Gasteiger partial charge is 0.573 e. The molecule has 0 aliphatic heterocycles. The van der Waals surface area contributed by atoms with Crippen LogP contribution < -0.4 is 4.74 Å². The van der Waals surface area contributed by atoms with Gasteiger partial charge in [-0.3, -0.25) is 4.21 Å². The summed E-state index contributed by atoms with van der Waals surface area (Å²) in [5.41, 5.74) is 0. The third-order valence-electron chi connectivity index (χ3n) is 1.39. The van der Waals surface area contributed by atoms with Crippen LogP contribution in [0.3, 0.4) is 0 Å². The molecule has 0 fully saturated rings. The molecular weight excluding hydrogens is 241 g/mol. The summed E-state index contributed by atoms with van der Waals surface area (Å²) in [6.45, 7) is 4.00. The van der Waals surface area contributed by atoms with Crippen LogP contribution in [0.25, 0.3) is 0 Å². The predicted molar refractivity (Wildman–Crippen MR) is 56.8 cm³/mol. The monoisotopic (exact) mass is 254 g/mol. The number of hydrogen-bond acceptors (Lipinski definition) is 2. The third kappa shape index (κ3) is 5.75. The van der Waals surface area contributed by atoms with Gasteiger partial charge < -0.3 is 4.74 Å². The SMILES string of the molecule is CC.CS(=O)c1ccc(OC(F)(F)F)cc1. The van der Waals surface area contributed by atoms with E-state index in [9.17, 15) is 17.4 Å². The van der Waals surface area contributed by atoms with Crippen LogP contribution in [-0.4, -0.2) is 16.8 Å². The molecule has 0 radical (unpaired) electrons. The van der Waals surface area contributed by atoms with E-state index in [2.05, 4.69) is 4.74 Å². The zero-order valence-electron chi connectivity index (χ0n) is 9.17. The van der Waals surface area contributed by atoms with E-state index in [0.717, 1.165) is 12.1 Å². The smallest absolute Gasteiger partial charge is 0.406 e. The van der Waals surface area contributed by atoms with Gasteiger partial charge in [-0.05, 0) is 24.3 Å². The maximum Gasteiger partial charge on any atom is 0.573 e. The van der Waals surface area contributed by atoms with Gasteiger partial charge in [0.2, 0.25) is 0 Å². The molecule has 1 aromatic carbocycles. The lowest BCUT2D eigenvalue weighted by molar-refractivity contribution is -0.274. The van der Waals surface area contributed by atoms with Gasteiger partial charge in [0, 0.05) is 22.0 Å². The highest BCUT2D eigenvalue weighted by molar-refractivity contribution is 7.84. The van der Waals surface area contributed by atoms with Crippen LogP contribution in [0.1, 0.15) is 13.8 Å². The average molecular weight is 254 g/mol. The van der Waals surface area contributed by atoms with Gasteiger partial charge in [-0.25, -0.2) is 0 Å². The first kappa shape index (κ1) is 15.0. The van der Waals surface area contributed by atoms with Gasteiger partial charge in [-0.1, -0.05) is 13.8 Å². The van der Waals surface area contributed by atoms with E-state index in [0.29, 0.717) is 4.90 Å². The standard InChI is InChI=1S/C8H7F3O2S.C2H6/c1-14(12)7-4-2-6(3-5-7)13-8(9,10)11;1-2/h2-5H,1H3;1-2H3. The lowest BCUT2D eigenvalue weighted by Gasteiger charge is -2.08. The third-order valence-corrected chi connectivity index (χ3v) is 2.33. The Hall–Kier alpha value is -1.04. The highest BCUT2D eigenvalue weighted by Crippen LogP contribution is 2.23. The van der Waals surface area contributed by atoms with Crippen molar-refractivity contribution in [2.75, 3.05) is 6.26 Å². The Balaban J connectivity index is 0.00000106. The van der Waals surface area contributed by atoms with Crippen molar-refractivity contribution in [3.63, 3.8) is 0 Å². The number of rotatable bonds is 2. The van der Waals surface area contributed by atoms with Gasteiger partial charge in [-0.2, -0.15) is 0 Å². The summed E-state index contributed by atoms with van der Waals surface area (Å²) in [4.78, 5) is 0.458. The first-order valence-electron chi connectivity index (χ1n) is 4.58. The second kappa shape index (κ2) is 6.52. The van der Waals surface area contributed by atoms with Crippen LogP contribution in [0.2, 0.25) is 0 Å². The molecule has 0 amide bonds. The molecule has 0 N–H and O–H groups in total. The maximum absolute atomic E-state index is 11.7. The second-order valence-corrected chi connectivity index (χ2v) is 3.85. The van der Waals surface area contributed by atoms with Crippen LogP contribution in [0, 0.1) is 0 Å². The van der Waals surface area contributed by atoms with Crippen molar-refractivity contribution < 1.29 is 22.1 Å². The Morgan fingerprint density at radius 3 is 1.88 bits per heavy atom. The van der Waals surface area contributed by atoms with Gasteiger partial charge in [0.25, 0.3) is 0 Å². The number of hydrogen-bond donors (Lipinski definition) is 0. The molecule has 0 spiro atoms.